The van der Waals surface area contributed by atoms with Crippen LogP contribution in [0, 0.1) is 0 Å². The van der Waals surface area contributed by atoms with Gasteiger partial charge in [0.15, 0.2) is 0 Å². The Morgan fingerprint density at radius 3 is 2.41 bits per heavy atom. The van der Waals surface area contributed by atoms with Crippen molar-refractivity contribution in [1.82, 2.24) is 4.72 Å². The van der Waals surface area contributed by atoms with E-state index < -0.39 is 10.0 Å². The SMILES string of the molecule is CNc1ccccc1S(=O)(=O)NC1(C)CCC1. The Labute approximate surface area is 102 Å². The zero-order chi connectivity index (χ0) is 12.5. The molecule has 1 aromatic rings. The molecule has 17 heavy (non-hydrogen) atoms. The van der Waals surface area contributed by atoms with Crippen molar-refractivity contribution in [1.29, 1.82) is 0 Å². The molecule has 0 amide bonds. The molecule has 2 N–H and O–H groups in total. The van der Waals surface area contributed by atoms with E-state index in [1.54, 1.807) is 25.2 Å². The number of anilines is 1. The number of hydrogen-bond donors (Lipinski definition) is 2. The van der Waals surface area contributed by atoms with E-state index in [2.05, 4.69) is 10.0 Å². The Bertz CT molecular complexity index is 507. The molecule has 0 aliphatic heterocycles. The van der Waals surface area contributed by atoms with Crippen LogP contribution in [0.3, 0.4) is 0 Å². The summed E-state index contributed by atoms with van der Waals surface area (Å²) in [7, 11) is -1.71. The lowest BCUT2D eigenvalue weighted by molar-refractivity contribution is 0.248. The monoisotopic (exact) mass is 254 g/mol. The molecule has 1 aliphatic carbocycles. The molecule has 0 atom stereocenters. The first kappa shape index (κ1) is 12.4. The third-order valence-corrected chi connectivity index (χ3v) is 4.98. The number of hydrogen-bond acceptors (Lipinski definition) is 3. The van der Waals surface area contributed by atoms with E-state index >= 15 is 0 Å². The van der Waals surface area contributed by atoms with E-state index in [4.69, 9.17) is 0 Å². The fourth-order valence-electron chi connectivity index (χ4n) is 2.10. The predicted molar refractivity (Wildman–Crippen MR) is 68.6 cm³/mol. The van der Waals surface area contributed by atoms with Gasteiger partial charge in [-0.1, -0.05) is 12.1 Å². The quantitative estimate of drug-likeness (QED) is 0.863. The molecule has 0 unspecified atom stereocenters. The minimum absolute atomic E-state index is 0.264. The van der Waals surface area contributed by atoms with Gasteiger partial charge in [0.2, 0.25) is 10.0 Å². The lowest BCUT2D eigenvalue weighted by Gasteiger charge is -2.38. The van der Waals surface area contributed by atoms with Crippen molar-refractivity contribution in [3.63, 3.8) is 0 Å². The fourth-order valence-corrected chi connectivity index (χ4v) is 3.78. The van der Waals surface area contributed by atoms with Gasteiger partial charge in [-0.2, -0.15) is 0 Å². The van der Waals surface area contributed by atoms with Crippen LogP contribution in [0.5, 0.6) is 0 Å². The van der Waals surface area contributed by atoms with Crippen LogP contribution in [-0.2, 0) is 10.0 Å². The fraction of sp³-hybridized carbons (Fsp3) is 0.500. The molecule has 0 aromatic heterocycles. The van der Waals surface area contributed by atoms with Crippen LogP contribution in [0.2, 0.25) is 0 Å². The molecule has 4 nitrogen and oxygen atoms in total. The average molecular weight is 254 g/mol. The van der Waals surface area contributed by atoms with Crippen molar-refractivity contribution < 1.29 is 8.42 Å². The highest BCUT2D eigenvalue weighted by molar-refractivity contribution is 7.89. The van der Waals surface area contributed by atoms with Gasteiger partial charge >= 0.3 is 0 Å². The molecular weight excluding hydrogens is 236 g/mol. The maximum atomic E-state index is 12.3. The summed E-state index contributed by atoms with van der Waals surface area (Å²) in [4.78, 5) is 0.315. The number of para-hydroxylation sites is 1. The Hall–Kier alpha value is -1.07. The highest BCUT2D eigenvalue weighted by Crippen LogP contribution is 2.33. The normalized spacial score (nSPS) is 18.5. The molecule has 1 fully saturated rings. The molecule has 0 radical (unpaired) electrons. The number of rotatable bonds is 4. The molecule has 5 heteroatoms. The number of benzene rings is 1. The Morgan fingerprint density at radius 1 is 1.24 bits per heavy atom. The highest BCUT2D eigenvalue weighted by atomic mass is 32.2. The van der Waals surface area contributed by atoms with Gasteiger partial charge in [0, 0.05) is 12.6 Å². The molecule has 0 saturated heterocycles. The van der Waals surface area contributed by atoms with E-state index in [0.717, 1.165) is 19.3 Å². The predicted octanol–water partition coefficient (Wildman–Crippen LogP) is 1.95. The molecule has 1 aliphatic rings. The summed E-state index contributed by atoms with van der Waals surface area (Å²) in [5.74, 6) is 0. The molecule has 2 rings (SSSR count). The van der Waals surface area contributed by atoms with E-state index in [1.165, 1.54) is 0 Å². The van der Waals surface area contributed by atoms with Crippen LogP contribution >= 0.6 is 0 Å². The van der Waals surface area contributed by atoms with Crippen LogP contribution in [0.4, 0.5) is 5.69 Å². The standard InChI is InChI=1S/C12H18N2O2S/c1-12(8-5-9-12)14-17(15,16)11-7-4-3-6-10(11)13-2/h3-4,6-7,13-14H,5,8-9H2,1-2H3. The van der Waals surface area contributed by atoms with Crippen molar-refractivity contribution >= 4 is 15.7 Å². The van der Waals surface area contributed by atoms with Crippen molar-refractivity contribution in [2.24, 2.45) is 0 Å². The second-order valence-corrected chi connectivity index (χ2v) is 6.42. The summed E-state index contributed by atoms with van der Waals surface area (Å²) in [5, 5.41) is 2.90. The van der Waals surface area contributed by atoms with Crippen LogP contribution in [-0.4, -0.2) is 21.0 Å². The minimum Gasteiger partial charge on any atom is -0.387 e. The van der Waals surface area contributed by atoms with Gasteiger partial charge in [-0.3, -0.25) is 0 Å². The summed E-state index contributed by atoms with van der Waals surface area (Å²) in [6, 6.07) is 6.93. The largest absolute Gasteiger partial charge is 0.387 e. The molecule has 0 bridgehead atoms. The van der Waals surface area contributed by atoms with Gasteiger partial charge in [0.25, 0.3) is 0 Å². The number of nitrogens with one attached hydrogen (secondary N) is 2. The van der Waals surface area contributed by atoms with Crippen LogP contribution in [0.15, 0.2) is 29.2 Å². The number of sulfonamides is 1. The van der Waals surface area contributed by atoms with Gasteiger partial charge in [0.05, 0.1) is 5.69 Å². The highest BCUT2D eigenvalue weighted by Gasteiger charge is 2.36. The van der Waals surface area contributed by atoms with Gasteiger partial charge in [-0.25, -0.2) is 13.1 Å². The smallest absolute Gasteiger partial charge is 0.243 e. The van der Waals surface area contributed by atoms with E-state index in [-0.39, 0.29) is 5.54 Å². The van der Waals surface area contributed by atoms with Crippen LogP contribution in [0.1, 0.15) is 26.2 Å². The first-order chi connectivity index (χ1) is 7.97. The molecular formula is C12H18N2O2S. The molecule has 1 aromatic carbocycles. The maximum absolute atomic E-state index is 12.3. The summed E-state index contributed by atoms with van der Waals surface area (Å²) in [5.41, 5.74) is 0.364. The zero-order valence-corrected chi connectivity index (χ0v) is 11.0. The van der Waals surface area contributed by atoms with E-state index in [9.17, 15) is 8.42 Å². The van der Waals surface area contributed by atoms with Crippen molar-refractivity contribution in [2.45, 2.75) is 36.6 Å². The molecule has 0 heterocycles. The second kappa shape index (κ2) is 4.31. The van der Waals surface area contributed by atoms with Gasteiger partial charge in [-0.05, 0) is 38.3 Å². The zero-order valence-electron chi connectivity index (χ0n) is 10.2. The molecule has 1 saturated carbocycles. The Balaban J connectivity index is 2.31. The minimum atomic E-state index is -3.43. The van der Waals surface area contributed by atoms with E-state index in [0.29, 0.717) is 10.6 Å². The van der Waals surface area contributed by atoms with Gasteiger partial charge < -0.3 is 5.32 Å². The van der Waals surface area contributed by atoms with Gasteiger partial charge in [-0.15, -0.1) is 0 Å². The van der Waals surface area contributed by atoms with Crippen LogP contribution < -0.4 is 10.0 Å². The van der Waals surface area contributed by atoms with Crippen molar-refractivity contribution in [2.75, 3.05) is 12.4 Å². The summed E-state index contributed by atoms with van der Waals surface area (Å²) >= 11 is 0. The van der Waals surface area contributed by atoms with Crippen molar-refractivity contribution in [3.05, 3.63) is 24.3 Å². The lowest BCUT2D eigenvalue weighted by Crippen LogP contribution is -2.50. The van der Waals surface area contributed by atoms with Crippen LogP contribution in [0.25, 0.3) is 0 Å². The Morgan fingerprint density at radius 2 is 1.88 bits per heavy atom. The summed E-state index contributed by atoms with van der Waals surface area (Å²) in [6.07, 6.45) is 2.91. The van der Waals surface area contributed by atoms with Gasteiger partial charge in [0.1, 0.15) is 4.90 Å². The molecule has 94 valence electrons. The first-order valence-corrected chi connectivity index (χ1v) is 7.26. The topological polar surface area (TPSA) is 58.2 Å². The third-order valence-electron chi connectivity index (χ3n) is 3.28. The summed E-state index contributed by atoms with van der Waals surface area (Å²) < 4.78 is 27.3. The maximum Gasteiger partial charge on any atom is 0.243 e. The average Bonchev–Trinajstić information content (AvgIpc) is 2.26. The molecule has 0 spiro atoms. The summed E-state index contributed by atoms with van der Waals surface area (Å²) in [6.45, 7) is 1.95. The second-order valence-electron chi connectivity index (χ2n) is 4.77. The lowest BCUT2D eigenvalue weighted by atomic mass is 9.80. The Kier molecular flexibility index (Phi) is 3.14. The first-order valence-electron chi connectivity index (χ1n) is 5.78. The van der Waals surface area contributed by atoms with Crippen molar-refractivity contribution in [3.8, 4) is 0 Å². The van der Waals surface area contributed by atoms with E-state index in [1.807, 2.05) is 13.0 Å². The third kappa shape index (κ3) is 2.45.